The van der Waals surface area contributed by atoms with Crippen LogP contribution in [-0.4, -0.2) is 140 Å². The number of likely N-dealkylation sites (N-methyl/N-ethyl adjacent to an activating group) is 2. The van der Waals surface area contributed by atoms with Crippen LogP contribution in [-0.2, 0) is 51.9 Å². The summed E-state index contributed by atoms with van der Waals surface area (Å²) in [5.41, 5.74) is 2.06. The van der Waals surface area contributed by atoms with Crippen LogP contribution in [0.4, 0.5) is 4.39 Å². The number of carbonyl (C=O) groups is 7. The van der Waals surface area contributed by atoms with E-state index < -0.39 is 96.0 Å². The number of nitrogens with zero attached hydrogens (tertiary/aromatic N) is 6. The van der Waals surface area contributed by atoms with Crippen LogP contribution in [0.5, 0.6) is 6.01 Å². The highest BCUT2D eigenvalue weighted by Crippen LogP contribution is 2.30. The second kappa shape index (κ2) is 26.4. The minimum absolute atomic E-state index is 0.0127. The first-order valence-corrected chi connectivity index (χ1v) is 27.3. The number of para-hydroxylation sites is 1. The highest BCUT2D eigenvalue weighted by molar-refractivity contribution is 5.99. The monoisotopic (exact) mass is 1080 g/mol. The van der Waals surface area contributed by atoms with Crippen molar-refractivity contribution in [2.75, 3.05) is 27.5 Å². The lowest BCUT2D eigenvalue weighted by molar-refractivity contribution is -0.150. The topological polar surface area (TPSA) is 217 Å². The van der Waals surface area contributed by atoms with Gasteiger partial charge in [-0.2, -0.15) is 4.98 Å². The second-order valence-electron chi connectivity index (χ2n) is 22.7. The Kier molecular flexibility index (Phi) is 20.4. The summed E-state index contributed by atoms with van der Waals surface area (Å²) < 4.78 is 19.9. The molecule has 78 heavy (non-hydrogen) atoms. The molecule has 19 heteroatoms. The van der Waals surface area contributed by atoms with E-state index in [1.54, 1.807) is 18.2 Å². The number of halogens is 1. The number of aromatic nitrogens is 3. The summed E-state index contributed by atoms with van der Waals surface area (Å²) in [5.74, 6) is -4.32. The molecule has 18 nitrogen and oxygen atoms in total. The molecule has 2 aromatic carbocycles. The molecule has 0 unspecified atom stereocenters. The third-order valence-corrected chi connectivity index (χ3v) is 14.9. The summed E-state index contributed by atoms with van der Waals surface area (Å²) in [7, 11) is 2.99. The zero-order valence-corrected chi connectivity index (χ0v) is 47.3. The Balaban J connectivity index is 1.51. The van der Waals surface area contributed by atoms with E-state index in [1.165, 1.54) is 41.9 Å². The van der Waals surface area contributed by atoms with Gasteiger partial charge >= 0.3 is 6.01 Å². The standard InChI is InChI=1S/C59H81FN10O8/c1-13-59(9,10)70-33-41(42-19-16-17-20-47(42)70)31-46-56(76)68(12)49(27-36(4)5)53(73)64-45(30-39-23-25-43-40(29-39)32-61-58(66-43)78-34-60)52(72)62-38(8)55(75)67(11)48-21-15-14-18-26-69(57(48)77)50(28-37(6)7)54(74)63-44(51(71)65-46)24-22-35(2)3/h13-17,19-20,23,25,29,32-33,35-38,44-46,48-50H,1,18,21-22,24,26-28,30-31,34H2,2-12H3,(H,62,72)(H,63,74)(H,64,73)(H,65,71)/b15-14-/t38-,44-,45-,46-,48-,49-,50-/m0/s1. The first-order chi connectivity index (χ1) is 36.9. The van der Waals surface area contributed by atoms with E-state index in [4.69, 9.17) is 4.74 Å². The van der Waals surface area contributed by atoms with Crippen LogP contribution in [0.25, 0.3) is 21.8 Å². The van der Waals surface area contributed by atoms with Crippen molar-refractivity contribution in [2.45, 2.75) is 162 Å². The van der Waals surface area contributed by atoms with E-state index in [-0.39, 0.29) is 68.8 Å². The first-order valence-electron chi connectivity index (χ1n) is 27.3. The Morgan fingerprint density at radius 2 is 1.42 bits per heavy atom. The van der Waals surface area contributed by atoms with E-state index in [0.29, 0.717) is 29.3 Å². The lowest BCUT2D eigenvalue weighted by Crippen LogP contribution is -2.61. The minimum atomic E-state index is -1.33. The van der Waals surface area contributed by atoms with Crippen LogP contribution in [0.1, 0.15) is 112 Å². The van der Waals surface area contributed by atoms with Crippen LogP contribution < -0.4 is 26.0 Å². The third kappa shape index (κ3) is 14.7. The molecule has 4 heterocycles. The summed E-state index contributed by atoms with van der Waals surface area (Å²) in [6.45, 7) is 20.3. The maximum absolute atomic E-state index is 15.5. The minimum Gasteiger partial charge on any atom is -0.431 e. The van der Waals surface area contributed by atoms with Crippen LogP contribution in [0.2, 0.25) is 0 Å². The number of alkyl halides is 1. The fourth-order valence-corrected chi connectivity index (χ4v) is 10.3. The molecule has 2 aliphatic rings. The van der Waals surface area contributed by atoms with Gasteiger partial charge in [0.1, 0.15) is 42.3 Å². The van der Waals surface area contributed by atoms with Crippen molar-refractivity contribution in [3.8, 4) is 6.01 Å². The fraction of sp³-hybridized carbons (Fsp3) is 0.542. The zero-order valence-electron chi connectivity index (χ0n) is 47.3. The average molecular weight is 1080 g/mol. The number of amides is 7. The van der Waals surface area contributed by atoms with Crippen LogP contribution in [0.15, 0.2) is 79.7 Å². The molecule has 422 valence electrons. The Morgan fingerprint density at radius 3 is 2.10 bits per heavy atom. The van der Waals surface area contributed by atoms with Crippen molar-refractivity contribution in [1.82, 2.24) is 50.5 Å². The van der Waals surface area contributed by atoms with Crippen molar-refractivity contribution < 1.29 is 42.7 Å². The molecule has 0 spiro atoms. The normalized spacial score (nSPS) is 23.4. The summed E-state index contributed by atoms with van der Waals surface area (Å²) in [4.78, 5) is 117. The smallest absolute Gasteiger partial charge is 0.319 e. The molecule has 7 atom stereocenters. The molecule has 2 aliphatic heterocycles. The lowest BCUT2D eigenvalue weighted by atomic mass is 9.96. The molecule has 1 fully saturated rings. The van der Waals surface area contributed by atoms with Crippen LogP contribution in [0.3, 0.4) is 0 Å². The molecular formula is C59H81FN10O8. The van der Waals surface area contributed by atoms with Gasteiger partial charge in [0.15, 0.2) is 0 Å². The number of allylic oxidation sites excluding steroid dienone is 1. The van der Waals surface area contributed by atoms with Gasteiger partial charge in [-0.1, -0.05) is 84.0 Å². The molecule has 6 rings (SSSR count). The van der Waals surface area contributed by atoms with Crippen molar-refractivity contribution in [3.63, 3.8) is 0 Å². The molecule has 0 aliphatic carbocycles. The predicted molar refractivity (Wildman–Crippen MR) is 298 cm³/mol. The predicted octanol–water partition coefficient (Wildman–Crippen LogP) is 6.30. The Morgan fingerprint density at radius 1 is 0.769 bits per heavy atom. The van der Waals surface area contributed by atoms with Gasteiger partial charge in [0.25, 0.3) is 0 Å². The highest BCUT2D eigenvalue weighted by atomic mass is 19.1. The molecule has 1 saturated heterocycles. The van der Waals surface area contributed by atoms with Crippen LogP contribution >= 0.6 is 0 Å². The van der Waals surface area contributed by atoms with Crippen LogP contribution in [0, 0.1) is 17.8 Å². The molecule has 2 bridgehead atoms. The van der Waals surface area contributed by atoms with Crippen molar-refractivity contribution in [2.24, 2.45) is 17.8 Å². The summed E-state index contributed by atoms with van der Waals surface area (Å²) in [6, 6.07) is 4.39. The fourth-order valence-electron chi connectivity index (χ4n) is 10.3. The number of rotatable bonds is 15. The van der Waals surface area contributed by atoms with E-state index in [9.17, 15) is 23.6 Å². The number of hydrogen-bond acceptors (Lipinski definition) is 10. The number of benzene rings is 2. The summed E-state index contributed by atoms with van der Waals surface area (Å²) >= 11 is 0. The van der Waals surface area contributed by atoms with Crippen molar-refractivity contribution in [3.05, 3.63) is 90.8 Å². The van der Waals surface area contributed by atoms with E-state index >= 15 is 14.4 Å². The average Bonchev–Trinajstić information content (AvgIpc) is 3.82. The summed E-state index contributed by atoms with van der Waals surface area (Å²) in [5, 5.41) is 13.2. The maximum Gasteiger partial charge on any atom is 0.319 e. The van der Waals surface area contributed by atoms with Gasteiger partial charge in [-0.25, -0.2) is 9.37 Å². The number of nitrogens with one attached hydrogen (secondary N) is 4. The lowest BCUT2D eigenvalue weighted by Gasteiger charge is -2.38. The largest absolute Gasteiger partial charge is 0.431 e. The second-order valence-corrected chi connectivity index (χ2v) is 22.7. The summed E-state index contributed by atoms with van der Waals surface area (Å²) in [6.07, 6.45) is 10.5. The SMILES string of the molecule is C=CC(C)(C)n1cc(C[C@@H]2NC(=O)[C@H](CCC(C)C)NC(=O)[C@H](CC(C)C)N3CC/C=C\C[C@@H](C3=O)N(C)C(=O)[C@H](C)NC(=O)[C@H](Cc3ccc4nc(OCF)ncc4c3)NC(=O)[C@H](CC(C)C)N(C)C2=O)c2ccccc21. The Labute approximate surface area is 458 Å². The molecule has 4 aromatic rings. The highest BCUT2D eigenvalue weighted by Gasteiger charge is 2.41. The maximum atomic E-state index is 15.5. The van der Waals surface area contributed by atoms with Gasteiger partial charge in [0.05, 0.1) is 11.1 Å². The van der Waals surface area contributed by atoms with Gasteiger partial charge in [0.2, 0.25) is 48.2 Å². The van der Waals surface area contributed by atoms with E-state index in [1.807, 2.05) is 104 Å². The number of carbonyl (C=O) groups excluding carboxylic acids is 7. The molecule has 0 radical (unpaired) electrons. The van der Waals surface area contributed by atoms with Gasteiger partial charge in [-0.15, -0.1) is 6.58 Å². The van der Waals surface area contributed by atoms with Gasteiger partial charge in [-0.05, 0) is 106 Å². The first kappa shape index (κ1) is 60.1. The quantitative estimate of drug-likeness (QED) is 0.0975. The van der Waals surface area contributed by atoms with Crippen molar-refractivity contribution >= 4 is 63.2 Å². The van der Waals surface area contributed by atoms with E-state index in [0.717, 1.165) is 16.5 Å². The molecule has 0 saturated carbocycles. The number of ether oxygens (including phenoxy) is 1. The molecule has 7 amide bonds. The Bertz CT molecular complexity index is 2860. The third-order valence-electron chi connectivity index (χ3n) is 14.9. The van der Waals surface area contributed by atoms with Gasteiger partial charge in [-0.3, -0.25) is 33.6 Å². The zero-order chi connectivity index (χ0) is 57.2. The van der Waals surface area contributed by atoms with Gasteiger partial charge < -0.3 is 45.3 Å². The van der Waals surface area contributed by atoms with E-state index in [2.05, 4.69) is 42.4 Å². The number of fused-ring (bicyclic) bond motifs is 4. The molecule has 4 N–H and O–H groups in total. The van der Waals surface area contributed by atoms with Crippen molar-refractivity contribution in [1.29, 1.82) is 0 Å². The number of hydrogen-bond donors (Lipinski definition) is 4. The molecule has 2 aromatic heterocycles. The van der Waals surface area contributed by atoms with Gasteiger partial charge in [0, 0.05) is 62.2 Å². The molecular weight excluding hydrogens is 996 g/mol. The Hall–Kier alpha value is -7.18.